The van der Waals surface area contributed by atoms with Gasteiger partial charge in [0.05, 0.1) is 0 Å². The Kier molecular flexibility index (Phi) is 3.11. The van der Waals surface area contributed by atoms with Crippen LogP contribution < -0.4 is 5.73 Å². The maximum atomic E-state index is 13.9. The Morgan fingerprint density at radius 1 is 1.36 bits per heavy atom. The molecule has 1 rings (SSSR count). The summed E-state index contributed by atoms with van der Waals surface area (Å²) in [6, 6.07) is 6.12. The van der Waals surface area contributed by atoms with Crippen LogP contribution in [0.15, 0.2) is 24.3 Å². The average Bonchev–Trinajstić information content (AvgIpc) is 2.18. The summed E-state index contributed by atoms with van der Waals surface area (Å²) in [7, 11) is 0. The van der Waals surface area contributed by atoms with Gasteiger partial charge in [-0.05, 0) is 17.7 Å². The van der Waals surface area contributed by atoms with Gasteiger partial charge < -0.3 is 10.8 Å². The zero-order valence-electron chi connectivity index (χ0n) is 8.50. The first kappa shape index (κ1) is 11.0. The van der Waals surface area contributed by atoms with Crippen molar-refractivity contribution in [2.75, 3.05) is 6.54 Å². The van der Waals surface area contributed by atoms with E-state index in [1.807, 2.05) is 0 Å². The molecule has 0 aromatic heterocycles. The fourth-order valence-electron chi connectivity index (χ4n) is 1.20. The SMILES string of the molecule is CC(C)(CN)C(F)c1ccc(O)cc1. The van der Waals surface area contributed by atoms with Gasteiger partial charge in [0.25, 0.3) is 0 Å². The van der Waals surface area contributed by atoms with E-state index in [1.54, 1.807) is 26.0 Å². The molecule has 0 aliphatic heterocycles. The van der Waals surface area contributed by atoms with E-state index < -0.39 is 11.6 Å². The van der Waals surface area contributed by atoms with Crippen LogP contribution in [-0.2, 0) is 0 Å². The van der Waals surface area contributed by atoms with Crippen LogP contribution in [-0.4, -0.2) is 11.7 Å². The number of aromatic hydroxyl groups is 1. The molecule has 0 saturated heterocycles. The number of halogens is 1. The van der Waals surface area contributed by atoms with Crippen molar-refractivity contribution in [3.63, 3.8) is 0 Å². The van der Waals surface area contributed by atoms with Gasteiger partial charge in [-0.25, -0.2) is 4.39 Å². The van der Waals surface area contributed by atoms with Gasteiger partial charge in [0.2, 0.25) is 0 Å². The molecular weight excluding hydrogens is 181 g/mol. The summed E-state index contributed by atoms with van der Waals surface area (Å²) in [5.74, 6) is 0.145. The molecule has 78 valence electrons. The minimum atomic E-state index is -1.10. The Morgan fingerprint density at radius 3 is 2.29 bits per heavy atom. The molecule has 0 radical (unpaired) electrons. The highest BCUT2D eigenvalue weighted by Crippen LogP contribution is 2.36. The van der Waals surface area contributed by atoms with E-state index in [4.69, 9.17) is 10.8 Å². The summed E-state index contributed by atoms with van der Waals surface area (Å²) in [6.07, 6.45) is -1.10. The smallest absolute Gasteiger partial charge is 0.131 e. The second kappa shape index (κ2) is 3.96. The van der Waals surface area contributed by atoms with Gasteiger partial charge in [-0.3, -0.25) is 0 Å². The predicted octanol–water partition coefficient (Wildman–Crippen LogP) is 2.39. The molecule has 0 spiro atoms. The van der Waals surface area contributed by atoms with Gasteiger partial charge in [0, 0.05) is 12.0 Å². The molecule has 0 aliphatic rings. The Labute approximate surface area is 83.6 Å². The zero-order valence-corrected chi connectivity index (χ0v) is 8.50. The Bertz CT molecular complexity index is 295. The summed E-state index contributed by atoms with van der Waals surface area (Å²) in [5, 5.41) is 9.05. The van der Waals surface area contributed by atoms with Crippen LogP contribution in [0.3, 0.4) is 0 Å². The number of alkyl halides is 1. The Morgan fingerprint density at radius 2 is 1.86 bits per heavy atom. The van der Waals surface area contributed by atoms with Crippen LogP contribution in [0.4, 0.5) is 4.39 Å². The average molecular weight is 197 g/mol. The van der Waals surface area contributed by atoms with Crippen molar-refractivity contribution in [1.82, 2.24) is 0 Å². The Balaban J connectivity index is 2.89. The first-order chi connectivity index (χ1) is 6.47. The van der Waals surface area contributed by atoms with Crippen molar-refractivity contribution in [1.29, 1.82) is 0 Å². The maximum Gasteiger partial charge on any atom is 0.131 e. The standard InChI is InChI=1S/C11H16FNO/c1-11(2,7-13)10(12)8-3-5-9(14)6-4-8/h3-6,10,14H,7,13H2,1-2H3. The van der Waals surface area contributed by atoms with Crippen LogP contribution in [0.1, 0.15) is 25.6 Å². The highest BCUT2D eigenvalue weighted by atomic mass is 19.1. The van der Waals surface area contributed by atoms with Gasteiger partial charge in [0.1, 0.15) is 11.9 Å². The van der Waals surface area contributed by atoms with Gasteiger partial charge in [-0.15, -0.1) is 0 Å². The van der Waals surface area contributed by atoms with Gasteiger partial charge in [-0.1, -0.05) is 26.0 Å². The molecule has 2 nitrogen and oxygen atoms in total. The van der Waals surface area contributed by atoms with E-state index in [9.17, 15) is 4.39 Å². The highest BCUT2D eigenvalue weighted by Gasteiger charge is 2.29. The quantitative estimate of drug-likeness (QED) is 0.781. The Hall–Kier alpha value is -1.09. The molecule has 0 aliphatic carbocycles. The lowest BCUT2D eigenvalue weighted by Gasteiger charge is -2.27. The number of rotatable bonds is 3. The highest BCUT2D eigenvalue weighted by molar-refractivity contribution is 5.28. The normalized spacial score (nSPS) is 14.0. The molecule has 0 fully saturated rings. The number of phenols is 1. The molecule has 0 amide bonds. The predicted molar refractivity (Wildman–Crippen MR) is 54.8 cm³/mol. The van der Waals surface area contributed by atoms with Crippen LogP contribution in [0.25, 0.3) is 0 Å². The van der Waals surface area contributed by atoms with Crippen molar-refractivity contribution in [3.8, 4) is 5.75 Å². The van der Waals surface area contributed by atoms with Crippen molar-refractivity contribution < 1.29 is 9.50 Å². The van der Waals surface area contributed by atoms with Crippen molar-refractivity contribution in [2.24, 2.45) is 11.1 Å². The molecule has 1 unspecified atom stereocenters. The van der Waals surface area contributed by atoms with Crippen molar-refractivity contribution >= 4 is 0 Å². The molecule has 1 atom stereocenters. The van der Waals surface area contributed by atoms with Crippen molar-refractivity contribution in [3.05, 3.63) is 29.8 Å². The summed E-state index contributed by atoms with van der Waals surface area (Å²) in [4.78, 5) is 0. The summed E-state index contributed by atoms with van der Waals surface area (Å²) in [5.41, 5.74) is 5.47. The topological polar surface area (TPSA) is 46.2 Å². The number of hydrogen-bond acceptors (Lipinski definition) is 2. The molecule has 3 heteroatoms. The molecule has 0 bridgehead atoms. The molecular formula is C11H16FNO. The number of nitrogens with two attached hydrogens (primary N) is 1. The fourth-order valence-corrected chi connectivity index (χ4v) is 1.20. The van der Waals surface area contributed by atoms with Gasteiger partial charge >= 0.3 is 0 Å². The number of hydrogen-bond donors (Lipinski definition) is 2. The largest absolute Gasteiger partial charge is 0.508 e. The second-order valence-corrected chi connectivity index (χ2v) is 4.15. The van der Waals surface area contributed by atoms with Crippen LogP contribution >= 0.6 is 0 Å². The molecule has 1 aromatic rings. The third-order valence-corrected chi connectivity index (χ3v) is 2.40. The van der Waals surface area contributed by atoms with Crippen LogP contribution in [0.2, 0.25) is 0 Å². The third-order valence-electron chi connectivity index (χ3n) is 2.40. The van der Waals surface area contributed by atoms with E-state index in [2.05, 4.69) is 0 Å². The lowest BCUT2D eigenvalue weighted by molar-refractivity contribution is 0.153. The fraction of sp³-hybridized carbons (Fsp3) is 0.455. The van der Waals surface area contributed by atoms with Gasteiger partial charge in [-0.2, -0.15) is 0 Å². The lowest BCUT2D eigenvalue weighted by atomic mass is 9.84. The molecule has 1 aromatic carbocycles. The minimum Gasteiger partial charge on any atom is -0.508 e. The maximum absolute atomic E-state index is 13.9. The molecule has 0 saturated carbocycles. The van der Waals surface area contributed by atoms with Crippen molar-refractivity contribution in [2.45, 2.75) is 20.0 Å². The third kappa shape index (κ3) is 2.23. The number of phenolic OH excluding ortho intramolecular Hbond substituents is 1. The van der Waals surface area contributed by atoms with E-state index >= 15 is 0 Å². The molecule has 3 N–H and O–H groups in total. The first-order valence-electron chi connectivity index (χ1n) is 4.60. The van der Waals surface area contributed by atoms with Crippen LogP contribution in [0.5, 0.6) is 5.75 Å². The van der Waals surface area contributed by atoms with Crippen LogP contribution in [0, 0.1) is 5.41 Å². The van der Waals surface area contributed by atoms with Gasteiger partial charge in [0.15, 0.2) is 0 Å². The van der Waals surface area contributed by atoms with E-state index in [1.165, 1.54) is 12.1 Å². The summed E-state index contributed by atoms with van der Waals surface area (Å²) >= 11 is 0. The van der Waals surface area contributed by atoms with E-state index in [0.29, 0.717) is 5.56 Å². The summed E-state index contributed by atoms with van der Waals surface area (Å²) < 4.78 is 13.9. The zero-order chi connectivity index (χ0) is 10.8. The lowest BCUT2D eigenvalue weighted by Crippen LogP contribution is -2.28. The van der Waals surface area contributed by atoms with E-state index in [0.717, 1.165) is 0 Å². The molecule has 14 heavy (non-hydrogen) atoms. The minimum absolute atomic E-state index is 0.145. The second-order valence-electron chi connectivity index (χ2n) is 4.15. The van der Waals surface area contributed by atoms with E-state index in [-0.39, 0.29) is 12.3 Å². The molecule has 0 heterocycles. The summed E-state index contributed by atoms with van der Waals surface area (Å²) in [6.45, 7) is 3.85. The number of benzene rings is 1. The monoisotopic (exact) mass is 197 g/mol. The first-order valence-corrected chi connectivity index (χ1v) is 4.60.